The van der Waals surface area contributed by atoms with E-state index in [-0.39, 0.29) is 12.8 Å². The van der Waals surface area contributed by atoms with E-state index in [1.807, 2.05) is 0 Å². The summed E-state index contributed by atoms with van der Waals surface area (Å²) in [5.41, 5.74) is -2.91. The van der Waals surface area contributed by atoms with E-state index in [1.165, 1.54) is 6.92 Å². The van der Waals surface area contributed by atoms with Crippen LogP contribution in [0.25, 0.3) is 0 Å². The second kappa shape index (κ2) is 4.17. The van der Waals surface area contributed by atoms with E-state index in [4.69, 9.17) is 18.0 Å². The maximum Gasteiger partial charge on any atom is 0.336 e. The molecule has 0 aliphatic heterocycles. The van der Waals surface area contributed by atoms with E-state index in [2.05, 4.69) is 11.8 Å². The molecular formula is C11H14O3. The van der Waals surface area contributed by atoms with Crippen LogP contribution in [0.2, 0.25) is 0 Å². The van der Waals surface area contributed by atoms with Gasteiger partial charge in [-0.2, -0.15) is 0 Å². The number of rotatable bonds is 4. The molecule has 0 amide bonds. The molecule has 0 saturated carbocycles. The molecule has 0 heterocycles. The van der Waals surface area contributed by atoms with Gasteiger partial charge >= 0.3 is 5.97 Å². The molecule has 1 atom stereocenters. The van der Waals surface area contributed by atoms with Gasteiger partial charge in [0.15, 0.2) is 5.60 Å². The van der Waals surface area contributed by atoms with Gasteiger partial charge in [0.2, 0.25) is 0 Å². The maximum absolute atomic E-state index is 10.8. The van der Waals surface area contributed by atoms with Crippen LogP contribution in [-0.2, 0) is 4.79 Å². The standard InChI is InChI=1S/C11H14O3/c1-5-7-10(3,8-6-2)11(4,14)9(12)13/h1-2,14H,7-8H2,3-4H3,(H,12,13). The molecule has 2 N–H and O–H groups in total. The molecule has 76 valence electrons. The number of carbonyl (C=O) groups is 1. The SMILES string of the molecule is C#CCC(C)(CC#C)C(C)(O)C(=O)O. The second-order valence-electron chi connectivity index (χ2n) is 3.70. The van der Waals surface area contributed by atoms with E-state index in [0.717, 1.165) is 0 Å². The molecular weight excluding hydrogens is 180 g/mol. The average molecular weight is 194 g/mol. The Hall–Kier alpha value is -1.45. The zero-order chi connectivity index (χ0) is 11.4. The summed E-state index contributed by atoms with van der Waals surface area (Å²) in [7, 11) is 0. The van der Waals surface area contributed by atoms with Crippen LogP contribution in [0.15, 0.2) is 0 Å². The van der Waals surface area contributed by atoms with Crippen LogP contribution in [0.3, 0.4) is 0 Å². The molecule has 0 aliphatic rings. The Kier molecular flexibility index (Phi) is 3.74. The van der Waals surface area contributed by atoms with Crippen LogP contribution in [0.1, 0.15) is 26.7 Å². The molecule has 0 rings (SSSR count). The minimum absolute atomic E-state index is 0.122. The highest BCUT2D eigenvalue weighted by Crippen LogP contribution is 2.37. The molecule has 1 unspecified atom stereocenters. The number of hydrogen-bond acceptors (Lipinski definition) is 2. The van der Waals surface area contributed by atoms with Crippen molar-refractivity contribution in [1.29, 1.82) is 0 Å². The smallest absolute Gasteiger partial charge is 0.336 e. The predicted octanol–water partition coefficient (Wildman–Crippen LogP) is 0.875. The van der Waals surface area contributed by atoms with Gasteiger partial charge in [0.1, 0.15) is 0 Å². The highest BCUT2D eigenvalue weighted by Gasteiger charge is 2.48. The first kappa shape index (κ1) is 12.6. The summed E-state index contributed by atoms with van der Waals surface area (Å²) in [6.45, 7) is 2.78. The zero-order valence-electron chi connectivity index (χ0n) is 8.37. The number of aliphatic hydroxyl groups is 1. The summed E-state index contributed by atoms with van der Waals surface area (Å²) < 4.78 is 0. The molecule has 0 radical (unpaired) electrons. The number of hydrogen-bond donors (Lipinski definition) is 2. The van der Waals surface area contributed by atoms with Gasteiger partial charge in [-0.15, -0.1) is 24.7 Å². The van der Waals surface area contributed by atoms with Crippen molar-refractivity contribution in [2.24, 2.45) is 5.41 Å². The first-order valence-electron chi connectivity index (χ1n) is 4.14. The van der Waals surface area contributed by atoms with Gasteiger partial charge in [-0.05, 0) is 6.92 Å². The van der Waals surface area contributed by atoms with E-state index in [0.29, 0.717) is 0 Å². The Labute approximate surface area is 84.1 Å². The molecule has 0 fully saturated rings. The van der Waals surface area contributed by atoms with Crippen molar-refractivity contribution in [3.63, 3.8) is 0 Å². The number of terminal acetylenes is 2. The molecule has 0 bridgehead atoms. The summed E-state index contributed by atoms with van der Waals surface area (Å²) in [6, 6.07) is 0. The molecule has 14 heavy (non-hydrogen) atoms. The third-order valence-electron chi connectivity index (χ3n) is 2.58. The minimum atomic E-state index is -1.91. The highest BCUT2D eigenvalue weighted by atomic mass is 16.4. The maximum atomic E-state index is 10.8. The molecule has 3 heteroatoms. The lowest BCUT2D eigenvalue weighted by Crippen LogP contribution is -2.50. The van der Waals surface area contributed by atoms with Gasteiger partial charge in [0.05, 0.1) is 0 Å². The van der Waals surface area contributed by atoms with Crippen molar-refractivity contribution in [1.82, 2.24) is 0 Å². The number of aliphatic carboxylic acids is 1. The molecule has 0 saturated heterocycles. The van der Waals surface area contributed by atoms with E-state index in [1.54, 1.807) is 6.92 Å². The summed E-state index contributed by atoms with van der Waals surface area (Å²) in [5, 5.41) is 18.6. The minimum Gasteiger partial charge on any atom is -0.479 e. The van der Waals surface area contributed by atoms with Gasteiger partial charge in [-0.3, -0.25) is 0 Å². The van der Waals surface area contributed by atoms with Gasteiger partial charge in [-0.1, -0.05) is 6.92 Å². The van der Waals surface area contributed by atoms with Gasteiger partial charge in [0, 0.05) is 18.3 Å². The van der Waals surface area contributed by atoms with Gasteiger partial charge in [-0.25, -0.2) is 4.79 Å². The van der Waals surface area contributed by atoms with Gasteiger partial charge in [0.25, 0.3) is 0 Å². The Morgan fingerprint density at radius 1 is 1.29 bits per heavy atom. The topological polar surface area (TPSA) is 57.5 Å². The summed E-state index contributed by atoms with van der Waals surface area (Å²) in [5.74, 6) is 3.36. The lowest BCUT2D eigenvalue weighted by Gasteiger charge is -2.37. The van der Waals surface area contributed by atoms with Crippen LogP contribution in [0.4, 0.5) is 0 Å². The first-order chi connectivity index (χ1) is 6.31. The van der Waals surface area contributed by atoms with Crippen molar-refractivity contribution in [3.8, 4) is 24.7 Å². The van der Waals surface area contributed by atoms with Crippen LogP contribution < -0.4 is 0 Å². The monoisotopic (exact) mass is 194 g/mol. The molecule has 0 spiro atoms. The quantitative estimate of drug-likeness (QED) is 0.653. The molecule has 0 aromatic heterocycles. The summed E-state index contributed by atoms with van der Waals surface area (Å²) in [6.07, 6.45) is 10.5. The second-order valence-corrected chi connectivity index (χ2v) is 3.70. The lowest BCUT2D eigenvalue weighted by molar-refractivity contribution is -0.170. The van der Waals surface area contributed by atoms with Crippen molar-refractivity contribution in [2.75, 3.05) is 0 Å². The number of carboxylic acids is 1. The third-order valence-corrected chi connectivity index (χ3v) is 2.58. The molecule has 0 aliphatic carbocycles. The van der Waals surface area contributed by atoms with E-state index >= 15 is 0 Å². The van der Waals surface area contributed by atoms with Crippen LogP contribution in [0.5, 0.6) is 0 Å². The molecule has 0 aromatic rings. The Morgan fingerprint density at radius 2 is 1.64 bits per heavy atom. The van der Waals surface area contributed by atoms with Crippen LogP contribution in [0, 0.1) is 30.1 Å². The fourth-order valence-electron chi connectivity index (χ4n) is 1.12. The van der Waals surface area contributed by atoms with Crippen LogP contribution >= 0.6 is 0 Å². The Morgan fingerprint density at radius 3 is 1.86 bits per heavy atom. The fraction of sp³-hybridized carbons (Fsp3) is 0.545. The first-order valence-corrected chi connectivity index (χ1v) is 4.14. The van der Waals surface area contributed by atoms with E-state index in [9.17, 15) is 9.90 Å². The summed E-state index contributed by atoms with van der Waals surface area (Å²) >= 11 is 0. The summed E-state index contributed by atoms with van der Waals surface area (Å²) in [4.78, 5) is 10.8. The van der Waals surface area contributed by atoms with Crippen molar-refractivity contribution < 1.29 is 15.0 Å². The van der Waals surface area contributed by atoms with Crippen molar-refractivity contribution in [2.45, 2.75) is 32.3 Å². The third kappa shape index (κ3) is 2.07. The highest BCUT2D eigenvalue weighted by molar-refractivity contribution is 5.77. The predicted molar refractivity (Wildman–Crippen MR) is 53.3 cm³/mol. The zero-order valence-corrected chi connectivity index (χ0v) is 8.37. The van der Waals surface area contributed by atoms with Crippen LogP contribution in [-0.4, -0.2) is 21.8 Å². The normalized spacial score (nSPS) is 14.9. The van der Waals surface area contributed by atoms with Crippen molar-refractivity contribution in [3.05, 3.63) is 0 Å². The Balaban J connectivity index is 5.12. The lowest BCUT2D eigenvalue weighted by atomic mass is 9.70. The van der Waals surface area contributed by atoms with Crippen molar-refractivity contribution >= 4 is 5.97 Å². The fourth-order valence-corrected chi connectivity index (χ4v) is 1.12. The Bertz CT molecular complexity index is 285. The van der Waals surface area contributed by atoms with E-state index < -0.39 is 17.0 Å². The number of carboxylic acid groups (broad SMARTS) is 1. The molecule has 3 nitrogen and oxygen atoms in total. The van der Waals surface area contributed by atoms with Gasteiger partial charge < -0.3 is 10.2 Å². The largest absolute Gasteiger partial charge is 0.479 e. The molecule has 0 aromatic carbocycles. The average Bonchev–Trinajstić information content (AvgIpc) is 2.04.